The number of aromatic amines is 1. The van der Waals surface area contributed by atoms with E-state index >= 15 is 0 Å². The van der Waals surface area contributed by atoms with E-state index in [1.165, 1.54) is 0 Å². The second kappa shape index (κ2) is 4.59. The van der Waals surface area contributed by atoms with Gasteiger partial charge in [0.2, 0.25) is 5.91 Å². The third-order valence-corrected chi connectivity index (χ3v) is 3.54. The number of nitrogens with zero attached hydrogens (tertiary/aromatic N) is 1. The van der Waals surface area contributed by atoms with Crippen LogP contribution < -0.4 is 0 Å². The Hall–Kier alpha value is -2.00. The lowest BCUT2D eigenvalue weighted by molar-refractivity contribution is -0.124. The summed E-state index contributed by atoms with van der Waals surface area (Å²) in [5.41, 5.74) is 2.23. The number of aromatic nitrogens is 1. The van der Waals surface area contributed by atoms with Crippen molar-refractivity contribution in [3.63, 3.8) is 0 Å². The molecule has 0 bridgehead atoms. The van der Waals surface area contributed by atoms with Crippen molar-refractivity contribution in [2.45, 2.75) is 12.8 Å². The fraction of sp³-hybridized carbons (Fsp3) is 0.133. The number of hydrogen-bond acceptors (Lipinski definition) is 1. The Morgan fingerprint density at radius 3 is 2.74 bits per heavy atom. The zero-order valence-electron chi connectivity index (χ0n) is 10.4. The van der Waals surface area contributed by atoms with Gasteiger partial charge in [-0.25, -0.2) is 0 Å². The Balaban J connectivity index is 1.98. The molecule has 1 aliphatic heterocycles. The summed E-state index contributed by atoms with van der Waals surface area (Å²) in [4.78, 5) is 16.1. The average Bonchev–Trinajstić information content (AvgIpc) is 2.81. The maximum absolute atomic E-state index is 11.2. The van der Waals surface area contributed by atoms with Crippen molar-refractivity contribution in [3.05, 3.63) is 59.5 Å². The van der Waals surface area contributed by atoms with E-state index in [-0.39, 0.29) is 11.8 Å². The van der Waals surface area contributed by atoms with Gasteiger partial charge < -0.3 is 4.98 Å². The zero-order chi connectivity index (χ0) is 13.4. The van der Waals surface area contributed by atoms with Crippen molar-refractivity contribution >= 4 is 28.4 Å². The Bertz CT molecular complexity index is 685. The van der Waals surface area contributed by atoms with Crippen molar-refractivity contribution < 1.29 is 4.79 Å². The number of allylic oxidation sites excluding steroid dienone is 2. The van der Waals surface area contributed by atoms with E-state index in [0.29, 0.717) is 0 Å². The van der Waals surface area contributed by atoms with Gasteiger partial charge in [0.25, 0.3) is 0 Å². The van der Waals surface area contributed by atoms with Crippen LogP contribution in [0.15, 0.2) is 48.9 Å². The first-order valence-corrected chi connectivity index (χ1v) is 6.45. The van der Waals surface area contributed by atoms with Gasteiger partial charge in [-0.3, -0.25) is 9.69 Å². The molecule has 0 spiro atoms. The van der Waals surface area contributed by atoms with Crippen molar-refractivity contribution in [3.8, 4) is 0 Å². The number of halogens is 1. The second-order valence-corrected chi connectivity index (χ2v) is 5.01. The molecule has 0 unspecified atom stereocenters. The van der Waals surface area contributed by atoms with Crippen LogP contribution in [0.25, 0.3) is 10.9 Å². The molecule has 0 aliphatic carbocycles. The predicted molar refractivity (Wildman–Crippen MR) is 76.8 cm³/mol. The first kappa shape index (κ1) is 12.1. The summed E-state index contributed by atoms with van der Waals surface area (Å²) >= 11 is 6.05. The lowest BCUT2D eigenvalue weighted by Crippen LogP contribution is -2.18. The van der Waals surface area contributed by atoms with E-state index in [1.54, 1.807) is 24.2 Å². The Morgan fingerprint density at radius 1 is 1.32 bits per heavy atom. The molecule has 96 valence electrons. The molecule has 0 saturated heterocycles. The predicted octanol–water partition coefficient (Wildman–Crippen LogP) is 3.79. The SMILES string of the molecule is CC(=O)N1C=CC(c2c[nH]c3ccc(Cl)cc23)C=C1. The number of hydrogen-bond donors (Lipinski definition) is 1. The smallest absolute Gasteiger partial charge is 0.227 e. The summed E-state index contributed by atoms with van der Waals surface area (Å²) in [5, 5.41) is 1.84. The van der Waals surface area contributed by atoms with Crippen LogP contribution in [0.2, 0.25) is 5.02 Å². The Morgan fingerprint density at radius 2 is 2.05 bits per heavy atom. The van der Waals surface area contributed by atoms with Crippen LogP contribution in [-0.2, 0) is 4.79 Å². The van der Waals surface area contributed by atoms with Gasteiger partial charge in [-0.05, 0) is 23.8 Å². The van der Waals surface area contributed by atoms with Gasteiger partial charge in [0, 0.05) is 47.4 Å². The lowest BCUT2D eigenvalue weighted by atomic mass is 9.97. The molecule has 0 atom stereocenters. The van der Waals surface area contributed by atoms with Gasteiger partial charge in [0.05, 0.1) is 0 Å². The summed E-state index contributed by atoms with van der Waals surface area (Å²) < 4.78 is 0. The fourth-order valence-corrected chi connectivity index (χ4v) is 2.46. The molecule has 19 heavy (non-hydrogen) atoms. The molecule has 3 rings (SSSR count). The normalized spacial score (nSPS) is 15.4. The van der Waals surface area contributed by atoms with Gasteiger partial charge >= 0.3 is 0 Å². The zero-order valence-corrected chi connectivity index (χ0v) is 11.2. The van der Waals surface area contributed by atoms with Crippen LogP contribution >= 0.6 is 11.6 Å². The van der Waals surface area contributed by atoms with Crippen LogP contribution in [0.5, 0.6) is 0 Å². The van der Waals surface area contributed by atoms with Crippen molar-refractivity contribution in [1.82, 2.24) is 9.88 Å². The summed E-state index contributed by atoms with van der Waals surface area (Å²) in [6.07, 6.45) is 9.60. The van der Waals surface area contributed by atoms with Crippen LogP contribution in [0, 0.1) is 0 Å². The van der Waals surface area contributed by atoms with E-state index < -0.39 is 0 Å². The van der Waals surface area contributed by atoms with Gasteiger partial charge in [0.15, 0.2) is 0 Å². The summed E-state index contributed by atoms with van der Waals surface area (Å²) in [6.45, 7) is 1.54. The van der Waals surface area contributed by atoms with Crippen molar-refractivity contribution in [2.75, 3.05) is 0 Å². The third kappa shape index (κ3) is 2.17. The minimum atomic E-state index is 0.00733. The standard InChI is InChI=1S/C15H13ClN2O/c1-10(19)18-6-4-11(5-7-18)14-9-17-15-3-2-12(16)8-13(14)15/h2-9,11,17H,1H3. The fourth-order valence-electron chi connectivity index (χ4n) is 2.29. The van der Waals surface area contributed by atoms with E-state index in [4.69, 9.17) is 11.6 Å². The monoisotopic (exact) mass is 272 g/mol. The topological polar surface area (TPSA) is 36.1 Å². The van der Waals surface area contributed by atoms with Crippen molar-refractivity contribution in [2.24, 2.45) is 0 Å². The lowest BCUT2D eigenvalue weighted by Gasteiger charge is -2.18. The first-order chi connectivity index (χ1) is 9.15. The average molecular weight is 273 g/mol. The minimum Gasteiger partial charge on any atom is -0.361 e. The summed E-state index contributed by atoms with van der Waals surface area (Å²) in [6, 6.07) is 5.80. The van der Waals surface area contributed by atoms with Crippen LogP contribution in [0.1, 0.15) is 18.4 Å². The van der Waals surface area contributed by atoms with Crippen LogP contribution in [0.4, 0.5) is 0 Å². The van der Waals surface area contributed by atoms with Gasteiger partial charge in [-0.1, -0.05) is 23.8 Å². The first-order valence-electron chi connectivity index (χ1n) is 6.07. The number of benzene rings is 1. The highest BCUT2D eigenvalue weighted by Crippen LogP contribution is 2.31. The molecule has 0 fully saturated rings. The van der Waals surface area contributed by atoms with E-state index in [9.17, 15) is 4.79 Å². The molecule has 4 heteroatoms. The maximum atomic E-state index is 11.2. The van der Waals surface area contributed by atoms with Crippen LogP contribution in [-0.4, -0.2) is 15.8 Å². The maximum Gasteiger partial charge on any atom is 0.227 e. The number of carbonyl (C=O) groups is 1. The van der Waals surface area contributed by atoms with Gasteiger partial charge in [-0.2, -0.15) is 0 Å². The molecule has 2 aromatic rings. The van der Waals surface area contributed by atoms with Crippen molar-refractivity contribution in [1.29, 1.82) is 0 Å². The number of amides is 1. The minimum absolute atomic E-state index is 0.00733. The largest absolute Gasteiger partial charge is 0.361 e. The van der Waals surface area contributed by atoms with E-state index in [2.05, 4.69) is 4.98 Å². The molecule has 1 amide bonds. The van der Waals surface area contributed by atoms with Gasteiger partial charge in [0.1, 0.15) is 0 Å². The number of fused-ring (bicyclic) bond motifs is 1. The summed E-state index contributed by atoms with van der Waals surface area (Å²) in [7, 11) is 0. The molecule has 3 nitrogen and oxygen atoms in total. The molecule has 0 saturated carbocycles. The Labute approximate surface area is 116 Å². The molecule has 1 aliphatic rings. The molecule has 1 N–H and O–H groups in total. The number of carbonyl (C=O) groups excluding carboxylic acids is 1. The van der Waals surface area contributed by atoms with Crippen LogP contribution in [0.3, 0.4) is 0 Å². The van der Waals surface area contributed by atoms with E-state index in [1.807, 2.05) is 36.5 Å². The molecule has 2 heterocycles. The third-order valence-electron chi connectivity index (χ3n) is 3.31. The number of rotatable bonds is 1. The number of nitrogens with one attached hydrogen (secondary N) is 1. The highest BCUT2D eigenvalue weighted by atomic mass is 35.5. The Kier molecular flexibility index (Phi) is 2.91. The van der Waals surface area contributed by atoms with E-state index in [0.717, 1.165) is 21.5 Å². The molecule has 1 aromatic carbocycles. The van der Waals surface area contributed by atoms with Gasteiger partial charge in [-0.15, -0.1) is 0 Å². The molecular formula is C15H13ClN2O. The molecular weight excluding hydrogens is 260 g/mol. The molecule has 1 aromatic heterocycles. The second-order valence-electron chi connectivity index (χ2n) is 4.57. The summed E-state index contributed by atoms with van der Waals surface area (Å²) in [5.74, 6) is 0.163. The highest BCUT2D eigenvalue weighted by Gasteiger charge is 2.15. The number of H-pyrrole nitrogens is 1. The molecule has 0 radical (unpaired) electrons. The highest BCUT2D eigenvalue weighted by molar-refractivity contribution is 6.31. The quantitative estimate of drug-likeness (QED) is 0.842.